The van der Waals surface area contributed by atoms with Crippen molar-refractivity contribution in [3.05, 3.63) is 210 Å². The third-order valence-corrected chi connectivity index (χ3v) is 10.3. The minimum atomic E-state index is 0.124. The van der Waals surface area contributed by atoms with Crippen LogP contribution in [0.3, 0.4) is 0 Å². The highest BCUT2D eigenvalue weighted by Crippen LogP contribution is 2.51. The summed E-state index contributed by atoms with van der Waals surface area (Å²) < 4.78 is 0. The third-order valence-electron chi connectivity index (χ3n) is 10.3. The van der Waals surface area contributed by atoms with Crippen molar-refractivity contribution in [2.45, 2.75) is 12.3 Å². The number of pyridine rings is 1. The van der Waals surface area contributed by atoms with E-state index in [2.05, 4.69) is 163 Å². The predicted molar refractivity (Wildman–Crippen MR) is 208 cm³/mol. The summed E-state index contributed by atoms with van der Waals surface area (Å²) in [5.41, 5.74) is 16.5. The lowest BCUT2D eigenvalue weighted by Gasteiger charge is -2.35. The fourth-order valence-corrected chi connectivity index (χ4v) is 7.98. The van der Waals surface area contributed by atoms with Gasteiger partial charge in [-0.2, -0.15) is 4.80 Å². The molecule has 1 unspecified atom stereocenters. The quantitative estimate of drug-likeness (QED) is 0.186. The highest BCUT2D eigenvalue weighted by atomic mass is 15.5. The Labute approximate surface area is 296 Å². The molecule has 0 saturated carbocycles. The van der Waals surface area contributed by atoms with E-state index in [0.717, 1.165) is 50.6 Å². The summed E-state index contributed by atoms with van der Waals surface area (Å²) in [7, 11) is 0. The minimum absolute atomic E-state index is 0.124. The third kappa shape index (κ3) is 4.95. The van der Waals surface area contributed by atoms with Crippen molar-refractivity contribution in [3.63, 3.8) is 0 Å². The van der Waals surface area contributed by atoms with Gasteiger partial charge in [-0.15, -0.1) is 10.2 Å². The van der Waals surface area contributed by atoms with Gasteiger partial charge in [0.15, 0.2) is 0 Å². The maximum absolute atomic E-state index is 5.05. The molecule has 2 aliphatic carbocycles. The Hall–Kier alpha value is -6.65. The van der Waals surface area contributed by atoms with E-state index in [-0.39, 0.29) is 5.92 Å². The molecule has 0 aliphatic heterocycles. The Balaban J connectivity index is 1.15. The molecule has 51 heavy (non-hydrogen) atoms. The van der Waals surface area contributed by atoms with E-state index in [0.29, 0.717) is 0 Å². The van der Waals surface area contributed by atoms with Crippen LogP contribution in [0.5, 0.6) is 0 Å². The topological polar surface area (TPSA) is 43.6 Å². The molecule has 0 fully saturated rings. The summed E-state index contributed by atoms with van der Waals surface area (Å²) in [4.78, 5) is 6.03. The van der Waals surface area contributed by atoms with Gasteiger partial charge in [0.25, 0.3) is 0 Å². The second-order valence-corrected chi connectivity index (χ2v) is 13.2. The molecule has 0 bridgehead atoms. The Bertz CT molecular complexity index is 2680. The fourth-order valence-electron chi connectivity index (χ4n) is 7.98. The van der Waals surface area contributed by atoms with Crippen molar-refractivity contribution in [1.82, 2.24) is 20.0 Å². The van der Waals surface area contributed by atoms with Crippen LogP contribution in [-0.2, 0) is 0 Å². The Morgan fingerprint density at radius 2 is 1.33 bits per heavy atom. The van der Waals surface area contributed by atoms with Crippen LogP contribution in [0.25, 0.3) is 55.3 Å². The summed E-state index contributed by atoms with van der Waals surface area (Å²) in [5, 5.41) is 12.3. The monoisotopic (exact) mass is 652 g/mol. The number of hydrogen-bond acceptors (Lipinski definition) is 3. The van der Waals surface area contributed by atoms with Crippen molar-refractivity contribution in [2.24, 2.45) is 0 Å². The van der Waals surface area contributed by atoms with E-state index in [4.69, 9.17) is 10.2 Å². The van der Waals surface area contributed by atoms with Crippen molar-refractivity contribution < 1.29 is 0 Å². The summed E-state index contributed by atoms with van der Waals surface area (Å²) in [6.45, 7) is 0. The standard InChI is InChI=1S/C47H32N4/c1-3-12-32(13-4-1)45-38-18-8-9-19-39(38)46(33-14-5-2-6-15-33)43-28-34(23-26-40(43)45)42-29-44-47(41-20-10-7-17-37(41)42)50-51(49-44)36-24-21-31(22-25-36)35-16-11-27-48-30-35/h1-17,19-30,46H,18H2. The van der Waals surface area contributed by atoms with Gasteiger partial charge in [-0.05, 0) is 103 Å². The Morgan fingerprint density at radius 3 is 2.14 bits per heavy atom. The average Bonchev–Trinajstić information content (AvgIpc) is 3.65. The number of nitrogens with zero attached hydrogens (tertiary/aromatic N) is 4. The van der Waals surface area contributed by atoms with Crippen LogP contribution in [0.4, 0.5) is 0 Å². The predicted octanol–water partition coefficient (Wildman–Crippen LogP) is 11.1. The zero-order chi connectivity index (χ0) is 33.7. The smallest absolute Gasteiger partial charge is 0.121 e. The van der Waals surface area contributed by atoms with Crippen molar-refractivity contribution in [2.75, 3.05) is 0 Å². The molecule has 4 nitrogen and oxygen atoms in total. The summed E-state index contributed by atoms with van der Waals surface area (Å²) in [6, 6.07) is 52.1. The van der Waals surface area contributed by atoms with Crippen LogP contribution in [0.2, 0.25) is 0 Å². The van der Waals surface area contributed by atoms with Crippen LogP contribution in [-0.4, -0.2) is 20.0 Å². The molecule has 0 amide bonds. The molecule has 2 heterocycles. The summed E-state index contributed by atoms with van der Waals surface area (Å²) in [5.74, 6) is 0.124. The van der Waals surface area contributed by atoms with E-state index in [9.17, 15) is 0 Å². The van der Waals surface area contributed by atoms with Gasteiger partial charge >= 0.3 is 0 Å². The average molecular weight is 653 g/mol. The molecule has 6 aromatic carbocycles. The number of allylic oxidation sites excluding steroid dienone is 5. The molecule has 1 atom stereocenters. The van der Waals surface area contributed by atoms with Crippen molar-refractivity contribution in [1.29, 1.82) is 0 Å². The molecule has 0 radical (unpaired) electrons. The number of fused-ring (bicyclic) bond motifs is 5. The van der Waals surface area contributed by atoms with Gasteiger partial charge < -0.3 is 0 Å². The van der Waals surface area contributed by atoms with Gasteiger partial charge in [-0.25, -0.2) is 0 Å². The SMILES string of the molecule is C1=CCC2=C(c3ccccc3)c3ccc(-c4cc5nn(-c6ccc(-c7cccnc7)cc6)nc5c5ccccc45)cc3C(c3ccccc3)C2=C1. The van der Waals surface area contributed by atoms with E-state index < -0.39 is 0 Å². The molecule has 4 heteroatoms. The lowest BCUT2D eigenvalue weighted by Crippen LogP contribution is -2.17. The minimum Gasteiger partial charge on any atom is -0.264 e. The molecule has 0 N–H and O–H groups in total. The van der Waals surface area contributed by atoms with Gasteiger partial charge in [-0.1, -0.05) is 133 Å². The first-order valence-corrected chi connectivity index (χ1v) is 17.4. The molecule has 0 spiro atoms. The van der Waals surface area contributed by atoms with Gasteiger partial charge in [0.05, 0.1) is 5.69 Å². The lowest BCUT2D eigenvalue weighted by atomic mass is 9.68. The lowest BCUT2D eigenvalue weighted by molar-refractivity contribution is 0.766. The van der Waals surface area contributed by atoms with Crippen molar-refractivity contribution >= 4 is 27.4 Å². The van der Waals surface area contributed by atoms with Gasteiger partial charge in [0, 0.05) is 23.7 Å². The molecule has 8 aromatic rings. The Kier molecular flexibility index (Phi) is 6.91. The second-order valence-electron chi connectivity index (χ2n) is 13.2. The molecule has 10 rings (SSSR count). The second kappa shape index (κ2) is 12.0. The zero-order valence-corrected chi connectivity index (χ0v) is 27.8. The highest BCUT2D eigenvalue weighted by molar-refractivity contribution is 6.11. The number of aromatic nitrogens is 4. The summed E-state index contributed by atoms with van der Waals surface area (Å²) >= 11 is 0. The van der Waals surface area contributed by atoms with Crippen LogP contribution in [0.15, 0.2) is 187 Å². The van der Waals surface area contributed by atoms with Crippen molar-refractivity contribution in [3.8, 4) is 27.9 Å². The molecule has 2 aliphatic rings. The van der Waals surface area contributed by atoms with E-state index in [1.807, 2.05) is 12.3 Å². The van der Waals surface area contributed by atoms with Crippen LogP contribution in [0.1, 0.15) is 34.6 Å². The number of hydrogen-bond donors (Lipinski definition) is 0. The van der Waals surface area contributed by atoms with Crippen LogP contribution >= 0.6 is 0 Å². The number of benzene rings is 6. The van der Waals surface area contributed by atoms with E-state index in [1.165, 1.54) is 44.5 Å². The number of rotatable bonds is 5. The van der Waals surface area contributed by atoms with Crippen LogP contribution in [0, 0.1) is 0 Å². The Morgan fingerprint density at radius 1 is 0.588 bits per heavy atom. The van der Waals surface area contributed by atoms with Gasteiger partial charge in [0.1, 0.15) is 11.0 Å². The largest absolute Gasteiger partial charge is 0.264 e. The molecule has 2 aromatic heterocycles. The summed E-state index contributed by atoms with van der Waals surface area (Å²) in [6.07, 6.45) is 11.4. The molecular formula is C47H32N4. The zero-order valence-electron chi connectivity index (χ0n) is 27.8. The molecular weight excluding hydrogens is 621 g/mol. The molecule has 240 valence electrons. The van der Waals surface area contributed by atoms with Crippen LogP contribution < -0.4 is 0 Å². The van der Waals surface area contributed by atoms with E-state index in [1.54, 1.807) is 11.0 Å². The fraction of sp³-hybridized carbons (Fsp3) is 0.0426. The van der Waals surface area contributed by atoms with Gasteiger partial charge in [-0.3, -0.25) is 4.98 Å². The first kappa shape index (κ1) is 29.3. The molecule has 0 saturated heterocycles. The maximum atomic E-state index is 5.05. The highest BCUT2D eigenvalue weighted by Gasteiger charge is 2.33. The van der Waals surface area contributed by atoms with E-state index >= 15 is 0 Å². The normalized spacial score (nSPS) is 15.1. The van der Waals surface area contributed by atoms with Gasteiger partial charge in [0.2, 0.25) is 0 Å². The first-order valence-electron chi connectivity index (χ1n) is 17.4. The maximum Gasteiger partial charge on any atom is 0.121 e. The first-order chi connectivity index (χ1) is 25.3.